The topological polar surface area (TPSA) is 24.5 Å². The lowest BCUT2D eigenvalue weighted by Gasteiger charge is -2.28. The standard InChI is InChI=1S/C12H26N2O/c1-11(10-15-3)8-14(2)9-12-4-6-13-7-5-12/h11-13H,4-10H2,1-3H3. The van der Waals surface area contributed by atoms with Crippen LogP contribution >= 0.6 is 0 Å². The fraction of sp³-hybridized carbons (Fsp3) is 1.00. The summed E-state index contributed by atoms with van der Waals surface area (Å²) < 4.78 is 5.16. The summed E-state index contributed by atoms with van der Waals surface area (Å²) in [7, 11) is 4.01. The van der Waals surface area contributed by atoms with Gasteiger partial charge in [0.15, 0.2) is 0 Å². The van der Waals surface area contributed by atoms with Crippen LogP contribution in [0.2, 0.25) is 0 Å². The van der Waals surface area contributed by atoms with Gasteiger partial charge in [-0.1, -0.05) is 6.92 Å². The summed E-state index contributed by atoms with van der Waals surface area (Å²) in [5.41, 5.74) is 0. The van der Waals surface area contributed by atoms with Crippen molar-refractivity contribution in [1.29, 1.82) is 0 Å². The molecule has 15 heavy (non-hydrogen) atoms. The van der Waals surface area contributed by atoms with Gasteiger partial charge in [-0.15, -0.1) is 0 Å². The fourth-order valence-corrected chi connectivity index (χ4v) is 2.45. The van der Waals surface area contributed by atoms with Gasteiger partial charge in [-0.25, -0.2) is 0 Å². The van der Waals surface area contributed by atoms with Crippen LogP contribution in [-0.4, -0.2) is 51.8 Å². The van der Waals surface area contributed by atoms with E-state index in [0.29, 0.717) is 5.92 Å². The molecule has 1 saturated heterocycles. The number of hydrogen-bond acceptors (Lipinski definition) is 3. The minimum Gasteiger partial charge on any atom is -0.384 e. The Kier molecular flexibility index (Phi) is 6.22. The summed E-state index contributed by atoms with van der Waals surface area (Å²) in [6, 6.07) is 0. The quantitative estimate of drug-likeness (QED) is 0.719. The molecule has 0 aromatic heterocycles. The highest BCUT2D eigenvalue weighted by Crippen LogP contribution is 2.13. The van der Waals surface area contributed by atoms with Crippen LogP contribution in [0.4, 0.5) is 0 Å². The SMILES string of the molecule is COCC(C)CN(C)CC1CCNCC1. The number of hydrogen-bond donors (Lipinski definition) is 1. The molecule has 3 heteroatoms. The first kappa shape index (κ1) is 12.9. The Morgan fingerprint density at radius 2 is 2.07 bits per heavy atom. The van der Waals surface area contributed by atoms with Crippen LogP contribution in [0.5, 0.6) is 0 Å². The van der Waals surface area contributed by atoms with E-state index < -0.39 is 0 Å². The van der Waals surface area contributed by atoms with Gasteiger partial charge in [0.2, 0.25) is 0 Å². The van der Waals surface area contributed by atoms with Gasteiger partial charge in [0.25, 0.3) is 0 Å². The lowest BCUT2D eigenvalue weighted by Crippen LogP contribution is -2.36. The lowest BCUT2D eigenvalue weighted by atomic mass is 9.97. The number of piperidine rings is 1. The Balaban J connectivity index is 2.13. The zero-order chi connectivity index (χ0) is 11.1. The molecule has 3 nitrogen and oxygen atoms in total. The normalized spacial score (nSPS) is 20.8. The zero-order valence-electron chi connectivity index (χ0n) is 10.5. The van der Waals surface area contributed by atoms with Crippen molar-refractivity contribution < 1.29 is 4.74 Å². The van der Waals surface area contributed by atoms with Crippen molar-refractivity contribution in [1.82, 2.24) is 10.2 Å². The lowest BCUT2D eigenvalue weighted by molar-refractivity contribution is 0.129. The van der Waals surface area contributed by atoms with Crippen LogP contribution in [0.15, 0.2) is 0 Å². The maximum Gasteiger partial charge on any atom is 0.0500 e. The van der Waals surface area contributed by atoms with Crippen molar-refractivity contribution in [2.75, 3.05) is 46.9 Å². The van der Waals surface area contributed by atoms with Gasteiger partial charge < -0.3 is 15.0 Å². The molecule has 0 bridgehead atoms. The van der Waals surface area contributed by atoms with E-state index in [1.807, 2.05) is 0 Å². The van der Waals surface area contributed by atoms with Crippen LogP contribution in [0.25, 0.3) is 0 Å². The van der Waals surface area contributed by atoms with E-state index in [-0.39, 0.29) is 0 Å². The molecular formula is C12H26N2O. The molecule has 0 aromatic carbocycles. The van der Waals surface area contributed by atoms with E-state index in [0.717, 1.165) is 19.1 Å². The van der Waals surface area contributed by atoms with E-state index in [2.05, 4.69) is 24.2 Å². The Morgan fingerprint density at radius 3 is 2.67 bits per heavy atom. The molecule has 90 valence electrons. The maximum absolute atomic E-state index is 5.16. The monoisotopic (exact) mass is 214 g/mol. The zero-order valence-corrected chi connectivity index (χ0v) is 10.5. The molecule has 0 aliphatic carbocycles. The van der Waals surface area contributed by atoms with E-state index in [9.17, 15) is 0 Å². The number of nitrogens with one attached hydrogen (secondary N) is 1. The summed E-state index contributed by atoms with van der Waals surface area (Å²) in [5.74, 6) is 1.53. The van der Waals surface area contributed by atoms with Gasteiger partial charge in [-0.2, -0.15) is 0 Å². The van der Waals surface area contributed by atoms with Crippen molar-refractivity contribution in [2.24, 2.45) is 11.8 Å². The van der Waals surface area contributed by atoms with Gasteiger partial charge in [-0.3, -0.25) is 0 Å². The maximum atomic E-state index is 5.16. The molecular weight excluding hydrogens is 188 g/mol. The Bertz CT molecular complexity index is 158. The van der Waals surface area contributed by atoms with Crippen molar-refractivity contribution >= 4 is 0 Å². The average molecular weight is 214 g/mol. The average Bonchev–Trinajstić information content (AvgIpc) is 2.19. The molecule has 0 saturated carbocycles. The number of methoxy groups -OCH3 is 1. The summed E-state index contributed by atoms with van der Waals surface area (Å²) in [6.07, 6.45) is 2.67. The third-order valence-electron chi connectivity index (χ3n) is 3.10. The van der Waals surface area contributed by atoms with Crippen LogP contribution < -0.4 is 5.32 Å². The summed E-state index contributed by atoms with van der Waals surface area (Å²) in [4.78, 5) is 2.46. The van der Waals surface area contributed by atoms with Crippen LogP contribution in [0.1, 0.15) is 19.8 Å². The summed E-state index contributed by atoms with van der Waals surface area (Å²) >= 11 is 0. The second kappa shape index (κ2) is 7.20. The molecule has 0 amide bonds. The Hall–Kier alpha value is -0.120. The number of ether oxygens (including phenoxy) is 1. The third kappa shape index (κ3) is 5.50. The smallest absolute Gasteiger partial charge is 0.0500 e. The van der Waals surface area contributed by atoms with Crippen molar-refractivity contribution in [3.63, 3.8) is 0 Å². The number of nitrogens with zero attached hydrogens (tertiary/aromatic N) is 1. The Morgan fingerprint density at radius 1 is 1.40 bits per heavy atom. The molecule has 1 N–H and O–H groups in total. The predicted octanol–water partition coefficient (Wildman–Crippen LogP) is 1.20. The molecule has 0 radical (unpaired) electrons. The van der Waals surface area contributed by atoms with Gasteiger partial charge in [-0.05, 0) is 44.8 Å². The minimum atomic E-state index is 0.640. The molecule has 0 spiro atoms. The van der Waals surface area contributed by atoms with E-state index in [1.54, 1.807) is 7.11 Å². The molecule has 1 aliphatic rings. The van der Waals surface area contributed by atoms with Crippen molar-refractivity contribution in [2.45, 2.75) is 19.8 Å². The van der Waals surface area contributed by atoms with Crippen LogP contribution in [-0.2, 0) is 4.74 Å². The first-order valence-corrected chi connectivity index (χ1v) is 6.10. The fourth-order valence-electron chi connectivity index (χ4n) is 2.45. The molecule has 1 rings (SSSR count). The van der Waals surface area contributed by atoms with Gasteiger partial charge >= 0.3 is 0 Å². The highest BCUT2D eigenvalue weighted by atomic mass is 16.5. The first-order valence-electron chi connectivity index (χ1n) is 6.10. The molecule has 1 unspecified atom stereocenters. The molecule has 0 aromatic rings. The molecule has 1 atom stereocenters. The summed E-state index contributed by atoms with van der Waals surface area (Å²) in [5, 5.41) is 3.41. The predicted molar refractivity (Wildman–Crippen MR) is 64.1 cm³/mol. The highest BCUT2D eigenvalue weighted by molar-refractivity contribution is 4.71. The Labute approximate surface area is 94.2 Å². The van der Waals surface area contributed by atoms with E-state index in [4.69, 9.17) is 4.74 Å². The van der Waals surface area contributed by atoms with Crippen LogP contribution in [0, 0.1) is 11.8 Å². The van der Waals surface area contributed by atoms with Crippen LogP contribution in [0.3, 0.4) is 0 Å². The van der Waals surface area contributed by atoms with Gasteiger partial charge in [0, 0.05) is 26.8 Å². The second-order valence-electron chi connectivity index (χ2n) is 4.98. The molecule has 1 fully saturated rings. The minimum absolute atomic E-state index is 0.640. The highest BCUT2D eigenvalue weighted by Gasteiger charge is 2.15. The van der Waals surface area contributed by atoms with Crippen molar-refractivity contribution in [3.8, 4) is 0 Å². The number of rotatable bonds is 6. The molecule has 1 heterocycles. The van der Waals surface area contributed by atoms with Crippen molar-refractivity contribution in [3.05, 3.63) is 0 Å². The second-order valence-corrected chi connectivity index (χ2v) is 4.98. The van der Waals surface area contributed by atoms with E-state index in [1.165, 1.54) is 32.5 Å². The third-order valence-corrected chi connectivity index (χ3v) is 3.10. The van der Waals surface area contributed by atoms with E-state index >= 15 is 0 Å². The largest absolute Gasteiger partial charge is 0.384 e. The first-order chi connectivity index (χ1) is 7.22. The molecule has 1 aliphatic heterocycles. The van der Waals surface area contributed by atoms with Gasteiger partial charge in [0.1, 0.15) is 0 Å². The van der Waals surface area contributed by atoms with Gasteiger partial charge in [0.05, 0.1) is 0 Å². The summed E-state index contributed by atoms with van der Waals surface area (Å²) in [6.45, 7) is 7.92.